The molecule has 8 heteroatoms. The Hall–Kier alpha value is -1.41. The number of sulfonamides is 1. The van der Waals surface area contributed by atoms with Crippen LogP contribution in [-0.2, 0) is 10.0 Å². The van der Waals surface area contributed by atoms with Gasteiger partial charge in [0.15, 0.2) is 0 Å². The molecule has 1 aliphatic rings. The highest BCUT2D eigenvalue weighted by Crippen LogP contribution is 2.25. The molecule has 1 fully saturated rings. The van der Waals surface area contributed by atoms with E-state index in [1.165, 1.54) is 23.8 Å². The third kappa shape index (κ3) is 3.62. The summed E-state index contributed by atoms with van der Waals surface area (Å²) < 4.78 is 36.8. The molecular weight excluding hydrogens is 294 g/mol. The molecule has 21 heavy (non-hydrogen) atoms. The zero-order valence-electron chi connectivity index (χ0n) is 12.5. The van der Waals surface area contributed by atoms with Crippen molar-refractivity contribution in [3.63, 3.8) is 0 Å². The average molecular weight is 315 g/mol. The molecule has 1 saturated heterocycles. The summed E-state index contributed by atoms with van der Waals surface area (Å²) in [7, 11) is -1.76. The van der Waals surface area contributed by atoms with Gasteiger partial charge < -0.3 is 9.47 Å². The van der Waals surface area contributed by atoms with Gasteiger partial charge in [0, 0.05) is 18.9 Å². The van der Waals surface area contributed by atoms with Crippen molar-refractivity contribution in [1.82, 2.24) is 14.3 Å². The first-order chi connectivity index (χ1) is 9.95. The fourth-order valence-electron chi connectivity index (χ4n) is 2.22. The third-order valence-corrected chi connectivity index (χ3v) is 5.64. The molecule has 0 aromatic carbocycles. The molecule has 1 aliphatic heterocycles. The lowest BCUT2D eigenvalue weighted by Gasteiger charge is -2.32. The molecule has 118 valence electrons. The number of hydrogen-bond donors (Lipinski definition) is 0. The number of methoxy groups -OCH3 is 1. The Bertz CT molecular complexity index is 577. The number of nitrogens with zero attached hydrogens (tertiary/aromatic N) is 3. The highest BCUT2D eigenvalue weighted by molar-refractivity contribution is 7.89. The van der Waals surface area contributed by atoms with E-state index >= 15 is 0 Å². The first-order valence-electron chi connectivity index (χ1n) is 6.95. The predicted octanol–water partition coefficient (Wildman–Crippen LogP) is 1.07. The lowest BCUT2D eigenvalue weighted by molar-refractivity contribution is 0.119. The van der Waals surface area contributed by atoms with Gasteiger partial charge in [-0.05, 0) is 26.7 Å². The molecular formula is C13H21N3O4S. The first kappa shape index (κ1) is 16.0. The normalized spacial score (nSPS) is 20.5. The van der Waals surface area contributed by atoms with Crippen LogP contribution in [0, 0.1) is 0 Å². The van der Waals surface area contributed by atoms with Crippen LogP contribution in [0.15, 0.2) is 12.4 Å². The van der Waals surface area contributed by atoms with Crippen molar-refractivity contribution < 1.29 is 17.9 Å². The van der Waals surface area contributed by atoms with Crippen molar-refractivity contribution in [2.24, 2.45) is 0 Å². The van der Waals surface area contributed by atoms with Gasteiger partial charge in [-0.3, -0.25) is 0 Å². The summed E-state index contributed by atoms with van der Waals surface area (Å²) >= 11 is 0. The zero-order valence-corrected chi connectivity index (χ0v) is 13.3. The highest BCUT2D eigenvalue weighted by atomic mass is 32.2. The van der Waals surface area contributed by atoms with Crippen LogP contribution in [-0.4, -0.2) is 54.2 Å². The van der Waals surface area contributed by atoms with Crippen molar-refractivity contribution >= 4 is 10.0 Å². The minimum absolute atomic E-state index is 0.238. The Balaban J connectivity index is 2.08. The molecule has 0 bridgehead atoms. The largest absolute Gasteiger partial charge is 0.477 e. The fraction of sp³-hybridized carbons (Fsp3) is 0.692. The second-order valence-electron chi connectivity index (χ2n) is 5.20. The van der Waals surface area contributed by atoms with Crippen LogP contribution in [0.1, 0.15) is 26.7 Å². The third-order valence-electron chi connectivity index (χ3n) is 3.40. The van der Waals surface area contributed by atoms with Gasteiger partial charge in [0.2, 0.25) is 10.0 Å². The molecule has 1 aromatic rings. The van der Waals surface area contributed by atoms with Crippen LogP contribution in [0.4, 0.5) is 0 Å². The van der Waals surface area contributed by atoms with Crippen LogP contribution >= 0.6 is 0 Å². The maximum atomic E-state index is 12.2. The first-order valence-corrected chi connectivity index (χ1v) is 8.46. The molecule has 0 N–H and O–H groups in total. The van der Waals surface area contributed by atoms with Crippen molar-refractivity contribution in [3.05, 3.63) is 12.4 Å². The molecule has 2 rings (SSSR count). The molecule has 0 saturated carbocycles. The molecule has 1 unspecified atom stereocenters. The minimum atomic E-state index is -3.25. The summed E-state index contributed by atoms with van der Waals surface area (Å²) in [5, 5.41) is -0.428. The molecule has 0 spiro atoms. The quantitative estimate of drug-likeness (QED) is 0.808. The lowest BCUT2D eigenvalue weighted by Crippen LogP contribution is -2.46. The predicted molar refractivity (Wildman–Crippen MR) is 77.9 cm³/mol. The number of ether oxygens (including phenoxy) is 2. The Morgan fingerprint density at radius 3 is 2.57 bits per heavy atom. The monoisotopic (exact) mass is 315 g/mol. The molecule has 2 heterocycles. The van der Waals surface area contributed by atoms with Crippen LogP contribution in [0.3, 0.4) is 0 Å². The van der Waals surface area contributed by atoms with Gasteiger partial charge in [-0.2, -0.15) is 4.31 Å². The van der Waals surface area contributed by atoms with Gasteiger partial charge in [-0.1, -0.05) is 0 Å². The van der Waals surface area contributed by atoms with E-state index in [-0.39, 0.29) is 6.10 Å². The summed E-state index contributed by atoms with van der Waals surface area (Å²) in [5.74, 6) is 0.607. The van der Waals surface area contributed by atoms with Gasteiger partial charge in [0.05, 0.1) is 18.9 Å². The van der Waals surface area contributed by atoms with E-state index in [2.05, 4.69) is 9.97 Å². The van der Waals surface area contributed by atoms with E-state index in [0.717, 1.165) is 12.8 Å². The van der Waals surface area contributed by atoms with Gasteiger partial charge in [-0.25, -0.2) is 18.4 Å². The average Bonchev–Trinajstić information content (AvgIpc) is 2.48. The van der Waals surface area contributed by atoms with Crippen molar-refractivity contribution in [1.29, 1.82) is 0 Å². The molecule has 1 aromatic heterocycles. The van der Waals surface area contributed by atoms with Gasteiger partial charge in [0.1, 0.15) is 6.10 Å². The summed E-state index contributed by atoms with van der Waals surface area (Å²) in [6.07, 6.45) is 4.34. The van der Waals surface area contributed by atoms with E-state index in [1.54, 1.807) is 13.8 Å². The molecule has 0 aliphatic carbocycles. The maximum absolute atomic E-state index is 12.2. The standard InChI is InChI=1S/C13H21N3O4S/c1-10(2)21(17,18)16-8-4-5-11(9-16)20-13-12(19-3)14-6-7-15-13/h6-7,10-11H,4-5,8-9H2,1-3H3. The van der Waals surface area contributed by atoms with E-state index in [0.29, 0.717) is 24.8 Å². The minimum Gasteiger partial charge on any atom is -0.477 e. The van der Waals surface area contributed by atoms with Crippen LogP contribution < -0.4 is 9.47 Å². The van der Waals surface area contributed by atoms with Gasteiger partial charge in [0.25, 0.3) is 11.8 Å². The van der Waals surface area contributed by atoms with E-state index in [1.807, 2.05) is 0 Å². The number of piperidine rings is 1. The van der Waals surface area contributed by atoms with Gasteiger partial charge >= 0.3 is 0 Å². The Morgan fingerprint density at radius 1 is 1.29 bits per heavy atom. The number of hydrogen-bond acceptors (Lipinski definition) is 6. The van der Waals surface area contributed by atoms with Crippen LogP contribution in [0.2, 0.25) is 0 Å². The SMILES string of the molecule is COc1nccnc1OC1CCCN(S(=O)(=O)C(C)C)C1. The summed E-state index contributed by atoms with van der Waals surface area (Å²) in [6.45, 7) is 4.25. The van der Waals surface area contributed by atoms with Crippen LogP contribution in [0.25, 0.3) is 0 Å². The number of aromatic nitrogens is 2. The zero-order chi connectivity index (χ0) is 15.5. The Labute approximate surface area is 125 Å². The van der Waals surface area contributed by atoms with E-state index in [9.17, 15) is 8.42 Å². The topological polar surface area (TPSA) is 81.6 Å². The molecule has 0 radical (unpaired) electrons. The van der Waals surface area contributed by atoms with Crippen LogP contribution in [0.5, 0.6) is 11.8 Å². The smallest absolute Gasteiger partial charge is 0.278 e. The highest BCUT2D eigenvalue weighted by Gasteiger charge is 2.32. The second-order valence-corrected chi connectivity index (χ2v) is 7.69. The summed E-state index contributed by atoms with van der Waals surface area (Å²) in [4.78, 5) is 8.11. The molecule has 0 amide bonds. The van der Waals surface area contributed by atoms with Gasteiger partial charge in [-0.15, -0.1) is 0 Å². The van der Waals surface area contributed by atoms with Crippen molar-refractivity contribution in [2.45, 2.75) is 38.0 Å². The lowest BCUT2D eigenvalue weighted by atomic mass is 10.1. The van der Waals surface area contributed by atoms with Crippen molar-refractivity contribution in [2.75, 3.05) is 20.2 Å². The van der Waals surface area contributed by atoms with E-state index < -0.39 is 15.3 Å². The van der Waals surface area contributed by atoms with Crippen molar-refractivity contribution in [3.8, 4) is 11.8 Å². The van der Waals surface area contributed by atoms with E-state index in [4.69, 9.17) is 9.47 Å². The molecule has 1 atom stereocenters. The summed E-state index contributed by atoms with van der Waals surface area (Å²) in [5.41, 5.74) is 0. The Morgan fingerprint density at radius 2 is 1.95 bits per heavy atom. The Kier molecular flexibility index (Phi) is 5.00. The summed E-state index contributed by atoms with van der Waals surface area (Å²) in [6, 6.07) is 0. The molecule has 7 nitrogen and oxygen atoms in total. The second kappa shape index (κ2) is 6.57. The fourth-order valence-corrected chi connectivity index (χ4v) is 3.58. The maximum Gasteiger partial charge on any atom is 0.278 e. The number of rotatable bonds is 5.